The summed E-state index contributed by atoms with van der Waals surface area (Å²) < 4.78 is 31.6. The maximum atomic E-state index is 8.74. The second-order valence-electron chi connectivity index (χ2n) is 0.448. The van der Waals surface area contributed by atoms with E-state index in [4.69, 9.17) is 17.5 Å². The molecule has 59 valence electrons. The average molecular weight is 235 g/mol. The predicted molar refractivity (Wildman–Crippen MR) is 17.8 cm³/mol. The fourth-order valence-corrected chi connectivity index (χ4v) is 0. The Morgan fingerprint density at radius 3 is 1.12 bits per heavy atom. The van der Waals surface area contributed by atoms with Crippen molar-refractivity contribution in [2.24, 2.45) is 0 Å². The molecule has 0 aliphatic heterocycles. The van der Waals surface area contributed by atoms with Crippen LogP contribution in [0.25, 0.3) is 0 Å². The molecular formula is H4CuFeO5S. The first-order valence-electron chi connectivity index (χ1n) is 0.698. The first kappa shape index (κ1) is 23.2. The van der Waals surface area contributed by atoms with Crippen LogP contribution in [-0.4, -0.2) is 23.0 Å². The van der Waals surface area contributed by atoms with Gasteiger partial charge in [-0.1, -0.05) is 0 Å². The number of hydrogen-bond donors (Lipinski definition) is 2. The van der Waals surface area contributed by atoms with Gasteiger partial charge < -0.3 is 5.48 Å². The Morgan fingerprint density at radius 2 is 1.12 bits per heavy atom. The van der Waals surface area contributed by atoms with Gasteiger partial charge in [-0.3, -0.25) is 9.11 Å². The summed E-state index contributed by atoms with van der Waals surface area (Å²) in [6.45, 7) is 0. The third-order valence-electron chi connectivity index (χ3n) is 0. The van der Waals surface area contributed by atoms with E-state index in [-0.39, 0.29) is 39.6 Å². The molecule has 0 aromatic rings. The van der Waals surface area contributed by atoms with Gasteiger partial charge in [0, 0.05) is 34.1 Å². The molecule has 0 unspecified atom stereocenters. The summed E-state index contributed by atoms with van der Waals surface area (Å²) in [7, 11) is -4.67. The number of hydrogen-bond acceptors (Lipinski definition) is 2. The molecule has 0 fully saturated rings. The molecule has 4 N–H and O–H groups in total. The summed E-state index contributed by atoms with van der Waals surface area (Å²) >= 11 is 0. The smallest absolute Gasteiger partial charge is 0.394 e. The van der Waals surface area contributed by atoms with Gasteiger partial charge in [0.2, 0.25) is 0 Å². The summed E-state index contributed by atoms with van der Waals surface area (Å²) in [5, 5.41) is 0. The molecule has 0 saturated heterocycles. The van der Waals surface area contributed by atoms with E-state index in [0.29, 0.717) is 0 Å². The third kappa shape index (κ3) is 313. The van der Waals surface area contributed by atoms with Gasteiger partial charge in [-0.15, -0.1) is 0 Å². The Labute approximate surface area is 67.7 Å². The Bertz CT molecular complexity index is 95.6. The standard InChI is InChI=1S/Cu.Fe.H2O4S.H2O/c;;1-5(2,3)4;/h;;(H2,1,2,3,4);1H2. The van der Waals surface area contributed by atoms with Gasteiger partial charge in [-0.2, -0.15) is 8.42 Å². The minimum Gasteiger partial charge on any atom is -0.412 e. The zero-order chi connectivity index (χ0) is 4.50. The normalized spacial score (nSPS) is 7.25. The Balaban J connectivity index is -0.0000000267. The first-order chi connectivity index (χ1) is 2.00. The van der Waals surface area contributed by atoms with E-state index in [9.17, 15) is 0 Å². The van der Waals surface area contributed by atoms with Gasteiger partial charge in [0.25, 0.3) is 0 Å². The molecule has 0 bridgehead atoms. The zero-order valence-corrected chi connectivity index (χ0v) is 6.14. The van der Waals surface area contributed by atoms with Crippen molar-refractivity contribution in [1.29, 1.82) is 0 Å². The van der Waals surface area contributed by atoms with Gasteiger partial charge in [-0.05, 0) is 0 Å². The van der Waals surface area contributed by atoms with Crippen LogP contribution in [0.2, 0.25) is 0 Å². The first-order valence-corrected chi connectivity index (χ1v) is 2.10. The minimum atomic E-state index is -4.67. The van der Waals surface area contributed by atoms with Crippen molar-refractivity contribution in [2.45, 2.75) is 0 Å². The van der Waals surface area contributed by atoms with Crippen LogP contribution in [-0.2, 0) is 44.5 Å². The van der Waals surface area contributed by atoms with E-state index < -0.39 is 10.4 Å². The van der Waals surface area contributed by atoms with Gasteiger partial charge in [0.15, 0.2) is 0 Å². The number of rotatable bonds is 0. The molecule has 0 aliphatic carbocycles. The third-order valence-corrected chi connectivity index (χ3v) is 0. The molecular weight excluding hydrogens is 231 g/mol. The van der Waals surface area contributed by atoms with Crippen LogP contribution in [0.3, 0.4) is 0 Å². The molecule has 8 heavy (non-hydrogen) atoms. The summed E-state index contributed by atoms with van der Waals surface area (Å²) in [6, 6.07) is 0. The molecule has 1 radical (unpaired) electrons. The van der Waals surface area contributed by atoms with E-state index >= 15 is 0 Å². The van der Waals surface area contributed by atoms with E-state index in [1.807, 2.05) is 0 Å². The zero-order valence-electron chi connectivity index (χ0n) is 3.27. The van der Waals surface area contributed by atoms with Crippen molar-refractivity contribution in [3.63, 3.8) is 0 Å². The van der Waals surface area contributed by atoms with Gasteiger partial charge in [-0.25, -0.2) is 0 Å². The minimum absolute atomic E-state index is 0. The van der Waals surface area contributed by atoms with Crippen LogP contribution >= 0.6 is 0 Å². The van der Waals surface area contributed by atoms with Crippen LogP contribution < -0.4 is 0 Å². The van der Waals surface area contributed by atoms with Crippen molar-refractivity contribution >= 4 is 10.4 Å². The summed E-state index contributed by atoms with van der Waals surface area (Å²) in [4.78, 5) is 0. The Hall–Kier alpha value is 0.869. The second-order valence-corrected chi connectivity index (χ2v) is 1.34. The van der Waals surface area contributed by atoms with Crippen LogP contribution in [0.15, 0.2) is 0 Å². The molecule has 0 amide bonds. The van der Waals surface area contributed by atoms with Crippen LogP contribution in [0.1, 0.15) is 0 Å². The van der Waals surface area contributed by atoms with Crippen molar-refractivity contribution in [3.8, 4) is 0 Å². The fourth-order valence-electron chi connectivity index (χ4n) is 0. The average Bonchev–Trinajstić information content (AvgIpc) is 0.722. The summed E-state index contributed by atoms with van der Waals surface area (Å²) in [5.41, 5.74) is 0. The second kappa shape index (κ2) is 7.87. The van der Waals surface area contributed by atoms with Crippen molar-refractivity contribution in [1.82, 2.24) is 0 Å². The molecule has 0 aliphatic rings. The molecule has 0 rings (SSSR count). The molecule has 0 atom stereocenters. The molecule has 0 saturated carbocycles. The van der Waals surface area contributed by atoms with Crippen molar-refractivity contribution < 1.29 is 57.1 Å². The van der Waals surface area contributed by atoms with Gasteiger partial charge in [0.1, 0.15) is 0 Å². The van der Waals surface area contributed by atoms with Gasteiger partial charge in [0.05, 0.1) is 0 Å². The summed E-state index contributed by atoms with van der Waals surface area (Å²) in [6.07, 6.45) is 0. The van der Waals surface area contributed by atoms with Crippen molar-refractivity contribution in [3.05, 3.63) is 0 Å². The van der Waals surface area contributed by atoms with Crippen LogP contribution in [0, 0.1) is 0 Å². The molecule has 0 aromatic heterocycles. The molecule has 8 heteroatoms. The van der Waals surface area contributed by atoms with E-state index in [1.165, 1.54) is 0 Å². The van der Waals surface area contributed by atoms with E-state index in [0.717, 1.165) is 0 Å². The quantitative estimate of drug-likeness (QED) is 0.394. The van der Waals surface area contributed by atoms with Crippen LogP contribution in [0.5, 0.6) is 0 Å². The predicted octanol–water partition coefficient (Wildman–Crippen LogP) is -1.48. The monoisotopic (exact) mass is 235 g/mol. The maximum Gasteiger partial charge on any atom is 0.394 e. The van der Waals surface area contributed by atoms with Crippen molar-refractivity contribution in [2.75, 3.05) is 0 Å². The van der Waals surface area contributed by atoms with E-state index in [2.05, 4.69) is 0 Å². The molecule has 0 aromatic carbocycles. The Kier molecular flexibility index (Phi) is 22.8. The summed E-state index contributed by atoms with van der Waals surface area (Å²) in [5.74, 6) is 0. The van der Waals surface area contributed by atoms with E-state index in [1.54, 1.807) is 0 Å². The topological polar surface area (TPSA) is 106 Å². The largest absolute Gasteiger partial charge is 0.412 e. The van der Waals surface area contributed by atoms with Gasteiger partial charge >= 0.3 is 10.4 Å². The maximum absolute atomic E-state index is 8.74. The molecule has 0 heterocycles. The fraction of sp³-hybridized carbons (Fsp3) is 0. The van der Waals surface area contributed by atoms with Crippen LogP contribution in [0.4, 0.5) is 0 Å². The Morgan fingerprint density at radius 1 is 1.12 bits per heavy atom. The SMILES string of the molecule is O.O=S(=O)(O)O.[Cu].[Fe]. The molecule has 0 spiro atoms. The molecule has 5 nitrogen and oxygen atoms in total.